The highest BCUT2D eigenvalue weighted by molar-refractivity contribution is 5.71. The lowest BCUT2D eigenvalue weighted by molar-refractivity contribution is -0.141. The highest BCUT2D eigenvalue weighted by atomic mass is 19.4. The van der Waals surface area contributed by atoms with Crippen LogP contribution in [0.15, 0.2) is 24.3 Å². The molecule has 0 spiro atoms. The maximum absolute atomic E-state index is 12.4. The number of hydrogen-bond donors (Lipinski definition) is 0. The van der Waals surface area contributed by atoms with E-state index in [-0.39, 0.29) is 12.8 Å². The second kappa shape index (κ2) is 6.36. The summed E-state index contributed by atoms with van der Waals surface area (Å²) in [6, 6.07) is 4.43. The predicted molar refractivity (Wildman–Crippen MR) is 61.5 cm³/mol. The third-order valence-corrected chi connectivity index (χ3v) is 2.73. The number of aldehydes is 1. The van der Waals surface area contributed by atoms with E-state index in [4.69, 9.17) is 0 Å². The zero-order valence-corrected chi connectivity index (χ0v) is 10.2. The van der Waals surface area contributed by atoms with Crippen LogP contribution >= 0.6 is 0 Å². The van der Waals surface area contributed by atoms with Gasteiger partial charge in [-0.3, -0.25) is 4.79 Å². The van der Waals surface area contributed by atoms with Gasteiger partial charge in [0.15, 0.2) is 0 Å². The van der Waals surface area contributed by atoms with E-state index in [1.165, 1.54) is 19.2 Å². The fourth-order valence-corrected chi connectivity index (χ4v) is 1.68. The van der Waals surface area contributed by atoms with Crippen molar-refractivity contribution >= 4 is 12.3 Å². The maximum Gasteiger partial charge on any atom is 0.416 e. The highest BCUT2D eigenvalue weighted by Gasteiger charge is 2.30. The summed E-state index contributed by atoms with van der Waals surface area (Å²) in [4.78, 5) is 21.7. The van der Waals surface area contributed by atoms with Gasteiger partial charge in [0, 0.05) is 12.3 Å². The van der Waals surface area contributed by atoms with Crippen molar-refractivity contribution in [3.63, 3.8) is 0 Å². The van der Waals surface area contributed by atoms with E-state index >= 15 is 0 Å². The molecule has 0 aliphatic rings. The number of halogens is 3. The van der Waals surface area contributed by atoms with Crippen LogP contribution in [-0.2, 0) is 20.5 Å². The van der Waals surface area contributed by atoms with Crippen LogP contribution in [0.1, 0.15) is 29.9 Å². The van der Waals surface area contributed by atoms with Crippen molar-refractivity contribution in [2.45, 2.75) is 24.9 Å². The number of carbonyl (C=O) groups is 2. The molecule has 0 N–H and O–H groups in total. The molecule has 3 nitrogen and oxygen atoms in total. The summed E-state index contributed by atoms with van der Waals surface area (Å²) in [6.07, 6.45) is -3.76. The molecule has 104 valence electrons. The molecule has 0 aliphatic heterocycles. The molecule has 1 unspecified atom stereocenters. The van der Waals surface area contributed by atoms with Gasteiger partial charge in [0.25, 0.3) is 0 Å². The molecule has 1 aromatic rings. The van der Waals surface area contributed by atoms with Gasteiger partial charge < -0.3 is 9.53 Å². The van der Waals surface area contributed by atoms with E-state index < -0.39 is 23.6 Å². The third-order valence-electron chi connectivity index (χ3n) is 2.73. The van der Waals surface area contributed by atoms with Gasteiger partial charge in [-0.2, -0.15) is 13.2 Å². The van der Waals surface area contributed by atoms with E-state index in [0.29, 0.717) is 11.8 Å². The summed E-state index contributed by atoms with van der Waals surface area (Å²) in [7, 11) is 1.22. The Hall–Kier alpha value is -1.85. The summed E-state index contributed by atoms with van der Waals surface area (Å²) >= 11 is 0. The van der Waals surface area contributed by atoms with Gasteiger partial charge in [0.1, 0.15) is 6.29 Å². The Morgan fingerprint density at radius 1 is 1.32 bits per heavy atom. The Kier molecular flexibility index (Phi) is 5.09. The Morgan fingerprint density at radius 3 is 2.32 bits per heavy atom. The summed E-state index contributed by atoms with van der Waals surface area (Å²) in [5.74, 6) is -0.973. The van der Waals surface area contributed by atoms with Crippen LogP contribution in [0.3, 0.4) is 0 Å². The summed E-state index contributed by atoms with van der Waals surface area (Å²) in [6.45, 7) is 0. The minimum Gasteiger partial charge on any atom is -0.469 e. The molecular formula is C13H13F3O3. The Balaban J connectivity index is 2.91. The van der Waals surface area contributed by atoms with Gasteiger partial charge >= 0.3 is 12.1 Å². The molecule has 1 atom stereocenters. The molecule has 6 heteroatoms. The van der Waals surface area contributed by atoms with Gasteiger partial charge in [-0.05, 0) is 17.7 Å². The number of carbonyl (C=O) groups excluding carboxylic acids is 2. The lowest BCUT2D eigenvalue weighted by Gasteiger charge is -2.14. The SMILES string of the molecule is COC(=O)CC(CC=O)c1ccc(C(F)(F)F)cc1. The average molecular weight is 274 g/mol. The van der Waals surface area contributed by atoms with Crippen LogP contribution in [-0.4, -0.2) is 19.4 Å². The molecule has 19 heavy (non-hydrogen) atoms. The lowest BCUT2D eigenvalue weighted by atomic mass is 9.92. The van der Waals surface area contributed by atoms with Crippen molar-refractivity contribution in [1.29, 1.82) is 0 Å². The zero-order valence-electron chi connectivity index (χ0n) is 10.2. The van der Waals surface area contributed by atoms with Gasteiger partial charge in [0.2, 0.25) is 0 Å². The van der Waals surface area contributed by atoms with Gasteiger partial charge in [-0.1, -0.05) is 12.1 Å². The third kappa shape index (κ3) is 4.39. The fraction of sp³-hybridized carbons (Fsp3) is 0.385. The Bertz CT molecular complexity index is 437. The van der Waals surface area contributed by atoms with Crippen molar-refractivity contribution in [2.75, 3.05) is 7.11 Å². The average Bonchev–Trinajstić information content (AvgIpc) is 2.37. The largest absolute Gasteiger partial charge is 0.469 e. The first kappa shape index (κ1) is 15.2. The first-order valence-corrected chi connectivity index (χ1v) is 5.56. The normalized spacial score (nSPS) is 12.8. The molecule has 0 saturated heterocycles. The van der Waals surface area contributed by atoms with E-state index in [2.05, 4.69) is 4.74 Å². The number of hydrogen-bond acceptors (Lipinski definition) is 3. The van der Waals surface area contributed by atoms with Crippen molar-refractivity contribution in [2.24, 2.45) is 0 Å². The molecule has 0 saturated carbocycles. The van der Waals surface area contributed by atoms with Crippen molar-refractivity contribution in [3.05, 3.63) is 35.4 Å². The molecule has 0 radical (unpaired) electrons. The zero-order chi connectivity index (χ0) is 14.5. The quantitative estimate of drug-likeness (QED) is 0.612. The van der Waals surface area contributed by atoms with E-state index in [1.54, 1.807) is 0 Å². The second-order valence-corrected chi connectivity index (χ2v) is 4.00. The van der Waals surface area contributed by atoms with Crippen LogP contribution < -0.4 is 0 Å². The van der Waals surface area contributed by atoms with Crippen LogP contribution in [0.5, 0.6) is 0 Å². The smallest absolute Gasteiger partial charge is 0.416 e. The molecule has 0 bridgehead atoms. The van der Waals surface area contributed by atoms with Crippen molar-refractivity contribution in [3.8, 4) is 0 Å². The standard InChI is InChI=1S/C13H13F3O3/c1-19-12(18)8-10(6-7-17)9-2-4-11(5-3-9)13(14,15)16/h2-5,7,10H,6,8H2,1H3. The number of rotatable bonds is 5. The number of alkyl halides is 3. The molecule has 1 aromatic carbocycles. The highest BCUT2D eigenvalue weighted by Crippen LogP contribution is 2.31. The second-order valence-electron chi connectivity index (χ2n) is 4.00. The maximum atomic E-state index is 12.4. The Morgan fingerprint density at radius 2 is 1.89 bits per heavy atom. The summed E-state index contributed by atoms with van der Waals surface area (Å²) in [5, 5.41) is 0. The summed E-state index contributed by atoms with van der Waals surface area (Å²) < 4.78 is 41.7. The van der Waals surface area contributed by atoms with E-state index in [1.807, 2.05) is 0 Å². The molecule has 0 aliphatic carbocycles. The molecule has 0 aromatic heterocycles. The minimum absolute atomic E-state index is 0.0411. The Labute approximate surface area is 108 Å². The van der Waals surface area contributed by atoms with Crippen LogP contribution in [0, 0.1) is 0 Å². The predicted octanol–water partition coefficient (Wildman–Crippen LogP) is 2.94. The first-order valence-electron chi connectivity index (χ1n) is 5.56. The van der Waals surface area contributed by atoms with E-state index in [9.17, 15) is 22.8 Å². The van der Waals surface area contributed by atoms with Gasteiger partial charge in [0.05, 0.1) is 19.1 Å². The molecule has 1 rings (SSSR count). The molecule has 0 heterocycles. The monoisotopic (exact) mass is 274 g/mol. The topological polar surface area (TPSA) is 43.4 Å². The van der Waals surface area contributed by atoms with Crippen LogP contribution in [0.2, 0.25) is 0 Å². The summed E-state index contributed by atoms with van der Waals surface area (Å²) in [5.41, 5.74) is -0.260. The first-order chi connectivity index (χ1) is 8.88. The van der Waals surface area contributed by atoms with Crippen LogP contribution in [0.4, 0.5) is 13.2 Å². The van der Waals surface area contributed by atoms with Crippen molar-refractivity contribution < 1.29 is 27.5 Å². The number of methoxy groups -OCH3 is 1. The lowest BCUT2D eigenvalue weighted by Crippen LogP contribution is -2.10. The fourth-order valence-electron chi connectivity index (χ4n) is 1.68. The van der Waals surface area contributed by atoms with Crippen LogP contribution in [0.25, 0.3) is 0 Å². The molecule has 0 fully saturated rings. The number of benzene rings is 1. The van der Waals surface area contributed by atoms with Crippen molar-refractivity contribution in [1.82, 2.24) is 0 Å². The van der Waals surface area contributed by atoms with E-state index in [0.717, 1.165) is 12.1 Å². The number of ether oxygens (including phenoxy) is 1. The molecule has 0 amide bonds. The van der Waals surface area contributed by atoms with Gasteiger partial charge in [-0.15, -0.1) is 0 Å². The minimum atomic E-state index is -4.40. The molecular weight excluding hydrogens is 261 g/mol. The van der Waals surface area contributed by atoms with Gasteiger partial charge in [-0.25, -0.2) is 0 Å². The number of esters is 1.